The van der Waals surface area contributed by atoms with Crippen molar-refractivity contribution in [3.8, 4) is 16.9 Å². The molecule has 4 heteroatoms. The lowest BCUT2D eigenvalue weighted by Gasteiger charge is -2.10. The average Bonchev–Trinajstić information content (AvgIpc) is 2.48. The quantitative estimate of drug-likeness (QED) is 0.686. The number of carbonyl (C=O) groups excluding carboxylic acids is 1. The van der Waals surface area contributed by atoms with Crippen molar-refractivity contribution in [3.63, 3.8) is 0 Å². The molecule has 0 aliphatic carbocycles. The highest BCUT2D eigenvalue weighted by atomic mass is 16.5. The van der Waals surface area contributed by atoms with Crippen LogP contribution >= 0.6 is 0 Å². The molecule has 0 aromatic heterocycles. The number of hydrogen-bond donors (Lipinski definition) is 1. The SMILES string of the molecule is COC(=O)Cc1ccc(-c2ccc(N)cc2OC)cc1. The highest BCUT2D eigenvalue weighted by Crippen LogP contribution is 2.31. The van der Waals surface area contributed by atoms with Gasteiger partial charge in [-0.2, -0.15) is 0 Å². The van der Waals surface area contributed by atoms with Crippen LogP contribution in [0.3, 0.4) is 0 Å². The fraction of sp³-hybridized carbons (Fsp3) is 0.188. The van der Waals surface area contributed by atoms with E-state index in [0.717, 1.165) is 22.4 Å². The van der Waals surface area contributed by atoms with Gasteiger partial charge in [-0.3, -0.25) is 4.79 Å². The largest absolute Gasteiger partial charge is 0.496 e. The van der Waals surface area contributed by atoms with E-state index in [4.69, 9.17) is 10.5 Å². The van der Waals surface area contributed by atoms with Crippen LogP contribution in [0.25, 0.3) is 11.1 Å². The first-order valence-corrected chi connectivity index (χ1v) is 6.23. The van der Waals surface area contributed by atoms with E-state index < -0.39 is 0 Å². The van der Waals surface area contributed by atoms with Crippen LogP contribution in [0.15, 0.2) is 42.5 Å². The molecular weight excluding hydrogens is 254 g/mol. The summed E-state index contributed by atoms with van der Waals surface area (Å²) in [6, 6.07) is 13.3. The molecule has 2 aromatic rings. The fourth-order valence-electron chi connectivity index (χ4n) is 1.99. The predicted molar refractivity (Wildman–Crippen MR) is 78.6 cm³/mol. The van der Waals surface area contributed by atoms with Crippen LogP contribution < -0.4 is 10.5 Å². The highest BCUT2D eigenvalue weighted by Gasteiger charge is 2.07. The molecule has 0 radical (unpaired) electrons. The highest BCUT2D eigenvalue weighted by molar-refractivity contribution is 5.75. The van der Waals surface area contributed by atoms with Gasteiger partial charge in [0.25, 0.3) is 0 Å². The molecule has 0 amide bonds. The summed E-state index contributed by atoms with van der Waals surface area (Å²) in [6.07, 6.45) is 0.273. The Morgan fingerprint density at radius 1 is 1.10 bits per heavy atom. The number of hydrogen-bond acceptors (Lipinski definition) is 4. The van der Waals surface area contributed by atoms with Crippen molar-refractivity contribution in [2.24, 2.45) is 0 Å². The molecule has 0 fully saturated rings. The van der Waals surface area contributed by atoms with Crippen molar-refractivity contribution in [1.82, 2.24) is 0 Å². The molecule has 2 N–H and O–H groups in total. The minimum absolute atomic E-state index is 0.247. The smallest absolute Gasteiger partial charge is 0.309 e. The van der Waals surface area contributed by atoms with Gasteiger partial charge < -0.3 is 15.2 Å². The second kappa shape index (κ2) is 6.10. The molecule has 0 atom stereocenters. The van der Waals surface area contributed by atoms with E-state index in [-0.39, 0.29) is 12.4 Å². The zero-order valence-electron chi connectivity index (χ0n) is 11.6. The Morgan fingerprint density at radius 2 is 1.80 bits per heavy atom. The number of methoxy groups -OCH3 is 2. The molecule has 104 valence electrons. The Hall–Kier alpha value is -2.49. The maximum absolute atomic E-state index is 11.2. The monoisotopic (exact) mass is 271 g/mol. The Bertz CT molecular complexity index is 606. The van der Waals surface area contributed by atoms with Gasteiger partial charge in [-0.05, 0) is 23.3 Å². The standard InChI is InChI=1S/C16H17NO3/c1-19-15-10-13(17)7-8-14(15)12-5-3-11(4-6-12)9-16(18)20-2/h3-8,10H,9,17H2,1-2H3. The zero-order valence-corrected chi connectivity index (χ0v) is 11.6. The number of benzene rings is 2. The number of nitrogens with two attached hydrogens (primary N) is 1. The van der Waals surface area contributed by atoms with Crippen molar-refractivity contribution in [1.29, 1.82) is 0 Å². The van der Waals surface area contributed by atoms with Gasteiger partial charge in [0.15, 0.2) is 0 Å². The van der Waals surface area contributed by atoms with Crippen molar-refractivity contribution < 1.29 is 14.3 Å². The number of carbonyl (C=O) groups is 1. The summed E-state index contributed by atoms with van der Waals surface area (Å²) in [5.74, 6) is 0.480. The van der Waals surface area contributed by atoms with E-state index in [0.29, 0.717) is 5.69 Å². The zero-order chi connectivity index (χ0) is 14.5. The van der Waals surface area contributed by atoms with Crippen molar-refractivity contribution in [3.05, 3.63) is 48.0 Å². The summed E-state index contributed by atoms with van der Waals surface area (Å²) < 4.78 is 9.98. The van der Waals surface area contributed by atoms with Crippen molar-refractivity contribution in [2.45, 2.75) is 6.42 Å². The third-order valence-corrected chi connectivity index (χ3v) is 3.07. The van der Waals surface area contributed by atoms with E-state index >= 15 is 0 Å². The van der Waals surface area contributed by atoms with Crippen molar-refractivity contribution >= 4 is 11.7 Å². The summed E-state index contributed by atoms with van der Waals surface area (Å²) in [5, 5.41) is 0. The van der Waals surface area contributed by atoms with Gasteiger partial charge in [0.2, 0.25) is 0 Å². The van der Waals surface area contributed by atoms with Gasteiger partial charge in [0.05, 0.1) is 20.6 Å². The Kier molecular flexibility index (Phi) is 4.25. The maximum Gasteiger partial charge on any atom is 0.309 e. The Morgan fingerprint density at radius 3 is 2.40 bits per heavy atom. The molecule has 0 heterocycles. The topological polar surface area (TPSA) is 61.5 Å². The number of rotatable bonds is 4. The predicted octanol–water partition coefficient (Wildman–Crippen LogP) is 2.66. The van der Waals surface area contributed by atoms with Crippen LogP contribution in [-0.2, 0) is 16.0 Å². The maximum atomic E-state index is 11.2. The minimum Gasteiger partial charge on any atom is -0.496 e. The molecular formula is C16H17NO3. The number of anilines is 1. The molecule has 0 saturated carbocycles. The van der Waals surface area contributed by atoms with E-state index in [1.165, 1.54) is 7.11 Å². The molecule has 0 saturated heterocycles. The van der Waals surface area contributed by atoms with Crippen LogP contribution in [0, 0.1) is 0 Å². The van der Waals surface area contributed by atoms with Crippen LogP contribution in [0.4, 0.5) is 5.69 Å². The first kappa shape index (κ1) is 13.9. The summed E-state index contributed by atoms with van der Waals surface area (Å²) in [5.41, 5.74) is 9.29. The van der Waals surface area contributed by atoms with Gasteiger partial charge in [0.1, 0.15) is 5.75 Å². The lowest BCUT2D eigenvalue weighted by Crippen LogP contribution is -2.04. The molecule has 0 aliphatic rings. The second-order valence-electron chi connectivity index (χ2n) is 4.41. The fourth-order valence-corrected chi connectivity index (χ4v) is 1.99. The van der Waals surface area contributed by atoms with Gasteiger partial charge in [-0.25, -0.2) is 0 Å². The second-order valence-corrected chi connectivity index (χ2v) is 4.41. The summed E-state index contributed by atoms with van der Waals surface area (Å²) >= 11 is 0. The molecule has 0 bridgehead atoms. The first-order valence-electron chi connectivity index (χ1n) is 6.23. The van der Waals surface area contributed by atoms with Crippen LogP contribution in [0.1, 0.15) is 5.56 Å². The van der Waals surface area contributed by atoms with Gasteiger partial charge in [0, 0.05) is 17.3 Å². The molecule has 2 rings (SSSR count). The van der Waals surface area contributed by atoms with Gasteiger partial charge in [-0.15, -0.1) is 0 Å². The summed E-state index contributed by atoms with van der Waals surface area (Å²) in [4.78, 5) is 11.2. The minimum atomic E-state index is -0.247. The molecule has 2 aromatic carbocycles. The first-order chi connectivity index (χ1) is 9.63. The van der Waals surface area contributed by atoms with Crippen molar-refractivity contribution in [2.75, 3.05) is 20.0 Å². The molecule has 0 aliphatic heterocycles. The van der Waals surface area contributed by atoms with Gasteiger partial charge in [-0.1, -0.05) is 24.3 Å². The lowest BCUT2D eigenvalue weighted by atomic mass is 10.0. The van der Waals surface area contributed by atoms with E-state index in [2.05, 4.69) is 4.74 Å². The van der Waals surface area contributed by atoms with E-state index in [1.54, 1.807) is 13.2 Å². The third kappa shape index (κ3) is 3.09. The van der Waals surface area contributed by atoms with Crippen LogP contribution in [0.2, 0.25) is 0 Å². The molecule has 4 nitrogen and oxygen atoms in total. The number of ether oxygens (including phenoxy) is 2. The Labute approximate surface area is 118 Å². The summed E-state index contributed by atoms with van der Waals surface area (Å²) in [6.45, 7) is 0. The van der Waals surface area contributed by atoms with Gasteiger partial charge >= 0.3 is 5.97 Å². The molecule has 0 unspecified atom stereocenters. The lowest BCUT2D eigenvalue weighted by molar-refractivity contribution is -0.139. The van der Waals surface area contributed by atoms with E-state index in [9.17, 15) is 4.79 Å². The van der Waals surface area contributed by atoms with Crippen LogP contribution in [-0.4, -0.2) is 20.2 Å². The number of esters is 1. The summed E-state index contributed by atoms with van der Waals surface area (Å²) in [7, 11) is 3.00. The molecule has 0 spiro atoms. The average molecular weight is 271 g/mol. The number of nitrogen functional groups attached to an aromatic ring is 1. The Balaban J connectivity index is 2.28. The normalized spacial score (nSPS) is 10.1. The van der Waals surface area contributed by atoms with E-state index in [1.807, 2.05) is 36.4 Å². The van der Waals surface area contributed by atoms with Crippen LogP contribution in [0.5, 0.6) is 5.75 Å². The third-order valence-electron chi connectivity index (χ3n) is 3.07. The molecule has 20 heavy (non-hydrogen) atoms.